The van der Waals surface area contributed by atoms with Crippen molar-refractivity contribution in [3.63, 3.8) is 0 Å². The van der Waals surface area contributed by atoms with Gasteiger partial charge in [0.15, 0.2) is 5.78 Å². The van der Waals surface area contributed by atoms with Gasteiger partial charge in [-0.05, 0) is 13.3 Å². The van der Waals surface area contributed by atoms with E-state index in [1.807, 2.05) is 38.1 Å². The minimum Gasteiger partial charge on any atom is -0.293 e. The lowest BCUT2D eigenvalue weighted by molar-refractivity contribution is 0.0990. The Bertz CT molecular complexity index is 289. The van der Waals surface area contributed by atoms with Crippen molar-refractivity contribution in [2.75, 3.05) is 0 Å². The van der Waals surface area contributed by atoms with Crippen LogP contribution in [0.4, 0.5) is 0 Å². The van der Waals surface area contributed by atoms with Crippen LogP contribution in [0.15, 0.2) is 24.3 Å². The first-order chi connectivity index (χ1) is 6.15. The number of carbonyl (C=O) groups excluding carboxylic acids is 1. The molecule has 2 heteroatoms. The van der Waals surface area contributed by atoms with E-state index in [0.717, 1.165) is 12.0 Å². The molecule has 0 N–H and O–H groups in total. The molecule has 1 aromatic carbocycles. The van der Waals surface area contributed by atoms with E-state index < -0.39 is 0 Å². The van der Waals surface area contributed by atoms with Crippen molar-refractivity contribution in [1.29, 1.82) is 0 Å². The number of carbonyl (C=O) groups is 1. The fraction of sp³-hybridized carbons (Fsp3) is 0.364. The van der Waals surface area contributed by atoms with Crippen molar-refractivity contribution in [1.82, 2.24) is 0 Å². The normalized spacial score (nSPS) is 12.5. The number of benzene rings is 1. The monoisotopic (exact) mass is 240 g/mol. The number of hydrogen-bond acceptors (Lipinski definition) is 1. The highest BCUT2D eigenvalue weighted by Gasteiger charge is 2.13. The van der Waals surface area contributed by atoms with Gasteiger partial charge in [0, 0.05) is 5.56 Å². The van der Waals surface area contributed by atoms with Crippen LogP contribution in [0.3, 0.4) is 0 Å². The van der Waals surface area contributed by atoms with E-state index in [-0.39, 0.29) is 10.6 Å². The molecule has 1 rings (SSSR count). The van der Waals surface area contributed by atoms with Crippen LogP contribution in [0.2, 0.25) is 0 Å². The summed E-state index contributed by atoms with van der Waals surface area (Å²) in [4.78, 5) is 11.6. The zero-order valence-corrected chi connectivity index (χ0v) is 9.47. The summed E-state index contributed by atoms with van der Waals surface area (Å²) in [6, 6.07) is 7.68. The number of halogens is 1. The summed E-state index contributed by atoms with van der Waals surface area (Å²) in [6.07, 6.45) is 0.826. The molecule has 0 bridgehead atoms. The third kappa shape index (κ3) is 2.66. The van der Waals surface area contributed by atoms with Crippen LogP contribution in [0, 0.1) is 6.92 Å². The van der Waals surface area contributed by atoms with Gasteiger partial charge in [-0.1, -0.05) is 52.7 Å². The van der Waals surface area contributed by atoms with Gasteiger partial charge in [-0.25, -0.2) is 0 Å². The third-order valence-electron chi connectivity index (χ3n) is 1.98. The van der Waals surface area contributed by atoms with Crippen LogP contribution in [0.5, 0.6) is 0 Å². The lowest BCUT2D eigenvalue weighted by Crippen LogP contribution is -2.12. The predicted molar refractivity (Wildman–Crippen MR) is 58.5 cm³/mol. The van der Waals surface area contributed by atoms with E-state index >= 15 is 0 Å². The van der Waals surface area contributed by atoms with E-state index in [1.165, 1.54) is 5.56 Å². The number of alkyl halides is 1. The summed E-state index contributed by atoms with van der Waals surface area (Å²) < 4.78 is 0. The maximum absolute atomic E-state index is 11.6. The fourth-order valence-electron chi connectivity index (χ4n) is 1.08. The average Bonchev–Trinajstić information content (AvgIpc) is 2.17. The SMILES string of the molecule is CCC(Br)C(=O)c1ccc(C)cc1. The standard InChI is InChI=1S/C11H13BrO/c1-3-10(12)11(13)9-6-4-8(2)5-7-9/h4-7,10H,3H2,1-2H3. The second-order valence-corrected chi connectivity index (χ2v) is 4.21. The Kier molecular flexibility index (Phi) is 3.67. The minimum absolute atomic E-state index is 0.0461. The Balaban J connectivity index is 2.83. The Labute approximate surface area is 87.3 Å². The van der Waals surface area contributed by atoms with Gasteiger partial charge in [0.2, 0.25) is 0 Å². The summed E-state index contributed by atoms with van der Waals surface area (Å²) in [5.74, 6) is 0.169. The van der Waals surface area contributed by atoms with Gasteiger partial charge in [0.25, 0.3) is 0 Å². The molecule has 1 unspecified atom stereocenters. The minimum atomic E-state index is -0.0461. The van der Waals surface area contributed by atoms with Crippen molar-refractivity contribution in [3.8, 4) is 0 Å². The van der Waals surface area contributed by atoms with Gasteiger partial charge in [-0.2, -0.15) is 0 Å². The number of aryl methyl sites for hydroxylation is 1. The van der Waals surface area contributed by atoms with Crippen molar-refractivity contribution >= 4 is 21.7 Å². The van der Waals surface area contributed by atoms with Gasteiger partial charge >= 0.3 is 0 Å². The van der Waals surface area contributed by atoms with Gasteiger partial charge in [0.1, 0.15) is 0 Å². The quantitative estimate of drug-likeness (QED) is 0.585. The molecule has 70 valence electrons. The topological polar surface area (TPSA) is 17.1 Å². The second kappa shape index (κ2) is 4.56. The highest BCUT2D eigenvalue weighted by molar-refractivity contribution is 9.10. The molecule has 0 saturated carbocycles. The molecule has 1 atom stereocenters. The Hall–Kier alpha value is -0.630. The Morgan fingerprint density at radius 1 is 1.38 bits per heavy atom. The first-order valence-corrected chi connectivity index (χ1v) is 5.31. The molecule has 0 amide bonds. The van der Waals surface area contributed by atoms with Crippen LogP contribution in [-0.4, -0.2) is 10.6 Å². The number of ketones is 1. The lowest BCUT2D eigenvalue weighted by Gasteiger charge is -2.05. The summed E-state index contributed by atoms with van der Waals surface area (Å²) in [7, 11) is 0. The summed E-state index contributed by atoms with van der Waals surface area (Å²) in [5, 5.41) is 0. The molecular formula is C11H13BrO. The zero-order chi connectivity index (χ0) is 9.84. The van der Waals surface area contributed by atoms with Gasteiger partial charge < -0.3 is 0 Å². The molecule has 1 aromatic rings. The summed E-state index contributed by atoms with van der Waals surface area (Å²) >= 11 is 3.35. The van der Waals surface area contributed by atoms with E-state index in [1.54, 1.807) is 0 Å². The van der Waals surface area contributed by atoms with Gasteiger partial charge in [-0.15, -0.1) is 0 Å². The molecular weight excluding hydrogens is 228 g/mol. The van der Waals surface area contributed by atoms with Crippen LogP contribution < -0.4 is 0 Å². The van der Waals surface area contributed by atoms with E-state index in [0.29, 0.717) is 0 Å². The molecule has 0 radical (unpaired) electrons. The molecule has 13 heavy (non-hydrogen) atoms. The number of rotatable bonds is 3. The van der Waals surface area contributed by atoms with E-state index in [4.69, 9.17) is 0 Å². The molecule has 0 saturated heterocycles. The highest BCUT2D eigenvalue weighted by atomic mass is 79.9. The number of Topliss-reactive ketones (excluding diaryl/α,β-unsaturated/α-hetero) is 1. The fourth-order valence-corrected chi connectivity index (χ4v) is 1.35. The molecule has 0 spiro atoms. The summed E-state index contributed by atoms with van der Waals surface area (Å²) in [5.41, 5.74) is 1.97. The lowest BCUT2D eigenvalue weighted by atomic mass is 10.1. The van der Waals surface area contributed by atoms with Crippen LogP contribution in [-0.2, 0) is 0 Å². The molecule has 0 aliphatic rings. The number of hydrogen-bond donors (Lipinski definition) is 0. The van der Waals surface area contributed by atoms with E-state index in [2.05, 4.69) is 15.9 Å². The zero-order valence-electron chi connectivity index (χ0n) is 7.88. The predicted octanol–water partition coefficient (Wildman–Crippen LogP) is 3.35. The molecule has 1 nitrogen and oxygen atoms in total. The largest absolute Gasteiger partial charge is 0.293 e. The molecule has 0 aliphatic heterocycles. The molecule has 0 heterocycles. The van der Waals surface area contributed by atoms with Crippen molar-refractivity contribution in [2.24, 2.45) is 0 Å². The third-order valence-corrected chi connectivity index (χ3v) is 3.04. The van der Waals surface area contributed by atoms with Gasteiger partial charge in [0.05, 0.1) is 4.83 Å². The van der Waals surface area contributed by atoms with Crippen molar-refractivity contribution < 1.29 is 4.79 Å². The first kappa shape index (κ1) is 10.5. The highest BCUT2D eigenvalue weighted by Crippen LogP contribution is 2.13. The van der Waals surface area contributed by atoms with Crippen molar-refractivity contribution in [3.05, 3.63) is 35.4 Å². The Morgan fingerprint density at radius 3 is 2.38 bits per heavy atom. The summed E-state index contributed by atoms with van der Waals surface area (Å²) in [6.45, 7) is 4.01. The van der Waals surface area contributed by atoms with Gasteiger partial charge in [-0.3, -0.25) is 4.79 Å². The first-order valence-electron chi connectivity index (χ1n) is 4.40. The maximum Gasteiger partial charge on any atom is 0.176 e. The van der Waals surface area contributed by atoms with Crippen LogP contribution in [0.1, 0.15) is 29.3 Å². The Morgan fingerprint density at radius 2 is 1.92 bits per heavy atom. The van der Waals surface area contributed by atoms with Crippen LogP contribution in [0.25, 0.3) is 0 Å². The maximum atomic E-state index is 11.6. The average molecular weight is 241 g/mol. The smallest absolute Gasteiger partial charge is 0.176 e. The molecule has 0 fully saturated rings. The second-order valence-electron chi connectivity index (χ2n) is 3.11. The van der Waals surface area contributed by atoms with E-state index in [9.17, 15) is 4.79 Å². The van der Waals surface area contributed by atoms with Crippen molar-refractivity contribution in [2.45, 2.75) is 25.1 Å². The van der Waals surface area contributed by atoms with Crippen LogP contribution >= 0.6 is 15.9 Å². The molecule has 0 aliphatic carbocycles. The molecule has 0 aromatic heterocycles.